The van der Waals surface area contributed by atoms with Crippen LogP contribution in [-0.2, 0) is 6.42 Å². The van der Waals surface area contributed by atoms with Gasteiger partial charge in [-0.1, -0.05) is 39.5 Å². The van der Waals surface area contributed by atoms with Gasteiger partial charge in [0.1, 0.15) is 0 Å². The topological polar surface area (TPSA) is 12.0 Å². The van der Waals surface area contributed by atoms with Crippen LogP contribution >= 0.6 is 11.3 Å². The zero-order valence-corrected chi connectivity index (χ0v) is 13.3. The van der Waals surface area contributed by atoms with Gasteiger partial charge in [0, 0.05) is 21.8 Å². The van der Waals surface area contributed by atoms with Crippen LogP contribution in [0.15, 0.2) is 12.1 Å². The Morgan fingerprint density at radius 1 is 1.11 bits per heavy atom. The maximum absolute atomic E-state index is 3.72. The Balaban J connectivity index is 2.28. The molecule has 2 unspecified atom stereocenters. The lowest BCUT2D eigenvalue weighted by Gasteiger charge is -2.19. The van der Waals surface area contributed by atoms with Crippen molar-refractivity contribution in [2.45, 2.75) is 78.3 Å². The standard InChI is InChI=1S/C16H29NS/c1-5-7-8-9-10-13(3)17-14(4)16-12-11-15(6-2)18-16/h11-14,17H,5-10H2,1-4H3. The summed E-state index contributed by atoms with van der Waals surface area (Å²) in [5.74, 6) is 0. The molecule has 0 spiro atoms. The van der Waals surface area contributed by atoms with Crippen LogP contribution in [0.25, 0.3) is 0 Å². The third-order valence-electron chi connectivity index (χ3n) is 3.48. The normalized spacial score (nSPS) is 14.7. The number of hydrogen-bond acceptors (Lipinski definition) is 2. The molecule has 1 heterocycles. The summed E-state index contributed by atoms with van der Waals surface area (Å²) < 4.78 is 0. The van der Waals surface area contributed by atoms with E-state index in [0.29, 0.717) is 12.1 Å². The van der Waals surface area contributed by atoms with E-state index in [1.54, 1.807) is 0 Å². The minimum atomic E-state index is 0.497. The average Bonchev–Trinajstić information content (AvgIpc) is 2.83. The van der Waals surface area contributed by atoms with Gasteiger partial charge in [-0.2, -0.15) is 0 Å². The Morgan fingerprint density at radius 2 is 1.89 bits per heavy atom. The Hall–Kier alpha value is -0.340. The van der Waals surface area contributed by atoms with E-state index in [0.717, 1.165) is 6.42 Å². The third-order valence-corrected chi connectivity index (χ3v) is 4.90. The summed E-state index contributed by atoms with van der Waals surface area (Å²) in [7, 11) is 0. The van der Waals surface area contributed by atoms with Gasteiger partial charge in [0.25, 0.3) is 0 Å². The SMILES string of the molecule is CCCCCCC(C)NC(C)c1ccc(CC)s1. The molecular formula is C16H29NS. The zero-order chi connectivity index (χ0) is 13.4. The number of unbranched alkanes of at least 4 members (excludes halogenated alkanes) is 3. The lowest BCUT2D eigenvalue weighted by Crippen LogP contribution is -2.28. The quantitative estimate of drug-likeness (QED) is 0.597. The van der Waals surface area contributed by atoms with Crippen molar-refractivity contribution in [1.82, 2.24) is 5.32 Å². The van der Waals surface area contributed by atoms with Gasteiger partial charge in [-0.25, -0.2) is 0 Å². The predicted molar refractivity (Wildman–Crippen MR) is 83.5 cm³/mol. The van der Waals surface area contributed by atoms with Gasteiger partial charge < -0.3 is 5.32 Å². The molecule has 2 heteroatoms. The van der Waals surface area contributed by atoms with Crippen molar-refractivity contribution in [3.63, 3.8) is 0 Å². The van der Waals surface area contributed by atoms with Crippen LogP contribution < -0.4 is 5.32 Å². The predicted octanol–water partition coefficient (Wildman–Crippen LogP) is 5.32. The molecule has 0 amide bonds. The Labute approximate surface area is 117 Å². The van der Waals surface area contributed by atoms with Crippen LogP contribution in [0.3, 0.4) is 0 Å². The second-order valence-electron chi connectivity index (χ2n) is 5.30. The molecule has 2 atom stereocenters. The van der Waals surface area contributed by atoms with Gasteiger partial charge in [0.05, 0.1) is 0 Å². The van der Waals surface area contributed by atoms with E-state index in [4.69, 9.17) is 0 Å². The highest BCUT2D eigenvalue weighted by Crippen LogP contribution is 2.24. The molecule has 0 aliphatic rings. The van der Waals surface area contributed by atoms with Crippen molar-refractivity contribution < 1.29 is 0 Å². The van der Waals surface area contributed by atoms with Crippen LogP contribution in [0.5, 0.6) is 0 Å². The highest BCUT2D eigenvalue weighted by atomic mass is 32.1. The van der Waals surface area contributed by atoms with E-state index in [9.17, 15) is 0 Å². The highest BCUT2D eigenvalue weighted by Gasteiger charge is 2.11. The minimum absolute atomic E-state index is 0.497. The molecule has 1 nitrogen and oxygen atoms in total. The van der Waals surface area contributed by atoms with Crippen LogP contribution in [-0.4, -0.2) is 6.04 Å². The number of thiophene rings is 1. The fourth-order valence-corrected chi connectivity index (χ4v) is 3.25. The second-order valence-corrected chi connectivity index (χ2v) is 6.50. The first-order chi connectivity index (χ1) is 8.67. The largest absolute Gasteiger partial charge is 0.307 e. The summed E-state index contributed by atoms with van der Waals surface area (Å²) in [4.78, 5) is 2.97. The molecular weight excluding hydrogens is 238 g/mol. The molecule has 1 aromatic rings. The monoisotopic (exact) mass is 267 g/mol. The maximum atomic E-state index is 3.72. The molecule has 0 aliphatic carbocycles. The van der Waals surface area contributed by atoms with E-state index < -0.39 is 0 Å². The Bertz CT molecular complexity index is 319. The maximum Gasteiger partial charge on any atom is 0.0388 e. The number of rotatable bonds is 9. The number of nitrogens with one attached hydrogen (secondary N) is 1. The molecule has 1 N–H and O–H groups in total. The van der Waals surface area contributed by atoms with Gasteiger partial charge in [-0.3, -0.25) is 0 Å². The van der Waals surface area contributed by atoms with Crippen LogP contribution in [0.2, 0.25) is 0 Å². The first-order valence-corrected chi connectivity index (χ1v) is 8.33. The summed E-state index contributed by atoms with van der Waals surface area (Å²) in [5, 5.41) is 3.72. The summed E-state index contributed by atoms with van der Waals surface area (Å²) >= 11 is 1.95. The summed E-state index contributed by atoms with van der Waals surface area (Å²) in [5.41, 5.74) is 0. The highest BCUT2D eigenvalue weighted by molar-refractivity contribution is 7.12. The smallest absolute Gasteiger partial charge is 0.0388 e. The first kappa shape index (κ1) is 15.7. The van der Waals surface area contributed by atoms with Crippen LogP contribution in [0, 0.1) is 0 Å². The van der Waals surface area contributed by atoms with Crippen molar-refractivity contribution >= 4 is 11.3 Å². The zero-order valence-electron chi connectivity index (χ0n) is 12.5. The van der Waals surface area contributed by atoms with E-state index in [1.165, 1.54) is 41.9 Å². The second kappa shape index (κ2) is 8.71. The molecule has 0 radical (unpaired) electrons. The number of aryl methyl sites for hydroxylation is 1. The Kier molecular flexibility index (Phi) is 7.60. The molecule has 1 rings (SSSR count). The van der Waals surface area contributed by atoms with Gasteiger partial charge in [0.2, 0.25) is 0 Å². The van der Waals surface area contributed by atoms with Crippen molar-refractivity contribution in [3.05, 3.63) is 21.9 Å². The summed E-state index contributed by atoms with van der Waals surface area (Å²) in [6.45, 7) is 9.10. The number of hydrogen-bond donors (Lipinski definition) is 1. The van der Waals surface area contributed by atoms with Crippen molar-refractivity contribution in [2.75, 3.05) is 0 Å². The molecule has 0 bridgehead atoms. The van der Waals surface area contributed by atoms with Gasteiger partial charge in [0.15, 0.2) is 0 Å². The van der Waals surface area contributed by atoms with E-state index in [1.807, 2.05) is 11.3 Å². The van der Waals surface area contributed by atoms with Gasteiger partial charge in [-0.15, -0.1) is 11.3 Å². The van der Waals surface area contributed by atoms with Gasteiger partial charge >= 0.3 is 0 Å². The average molecular weight is 267 g/mol. The lowest BCUT2D eigenvalue weighted by atomic mass is 10.1. The van der Waals surface area contributed by atoms with E-state index >= 15 is 0 Å². The molecule has 18 heavy (non-hydrogen) atoms. The summed E-state index contributed by atoms with van der Waals surface area (Å²) in [6, 6.07) is 5.68. The first-order valence-electron chi connectivity index (χ1n) is 7.52. The van der Waals surface area contributed by atoms with Crippen molar-refractivity contribution in [2.24, 2.45) is 0 Å². The fourth-order valence-electron chi connectivity index (χ4n) is 2.29. The van der Waals surface area contributed by atoms with Crippen LogP contribution in [0.4, 0.5) is 0 Å². The van der Waals surface area contributed by atoms with Crippen molar-refractivity contribution in [3.8, 4) is 0 Å². The van der Waals surface area contributed by atoms with E-state index in [-0.39, 0.29) is 0 Å². The molecule has 1 aromatic heterocycles. The Morgan fingerprint density at radius 3 is 2.50 bits per heavy atom. The molecule has 0 aromatic carbocycles. The molecule has 0 fully saturated rings. The van der Waals surface area contributed by atoms with Crippen molar-refractivity contribution in [1.29, 1.82) is 0 Å². The lowest BCUT2D eigenvalue weighted by molar-refractivity contribution is 0.441. The molecule has 104 valence electrons. The molecule has 0 saturated heterocycles. The minimum Gasteiger partial charge on any atom is -0.307 e. The third kappa shape index (κ3) is 5.53. The fraction of sp³-hybridized carbons (Fsp3) is 0.750. The molecule has 0 saturated carbocycles. The molecule has 0 aliphatic heterocycles. The van der Waals surface area contributed by atoms with E-state index in [2.05, 4.69) is 45.1 Å². The van der Waals surface area contributed by atoms with Gasteiger partial charge in [-0.05, 0) is 38.8 Å². The van der Waals surface area contributed by atoms with Crippen LogP contribution in [0.1, 0.15) is 75.6 Å². The summed E-state index contributed by atoms with van der Waals surface area (Å²) in [6.07, 6.45) is 7.91.